The van der Waals surface area contributed by atoms with E-state index in [2.05, 4.69) is 47.6 Å². The normalized spacial score (nSPS) is 16.3. The molecule has 1 fully saturated rings. The lowest BCUT2D eigenvalue weighted by Gasteiger charge is -2.40. The lowest BCUT2D eigenvalue weighted by atomic mass is 9.90. The van der Waals surface area contributed by atoms with Crippen LogP contribution in [0.2, 0.25) is 0 Å². The average Bonchev–Trinajstić information content (AvgIpc) is 3.63. The van der Waals surface area contributed by atoms with Gasteiger partial charge in [0.15, 0.2) is 5.76 Å². The second-order valence-electron chi connectivity index (χ2n) is 12.6. The molecule has 0 aliphatic carbocycles. The average molecular weight is 582 g/mol. The molecule has 0 saturated carbocycles. The molecular weight excluding hydrogens is 542 g/mol. The van der Waals surface area contributed by atoms with E-state index in [4.69, 9.17) is 9.62 Å². The molecular formula is C33H39N7O3. The Balaban J connectivity index is 1.06. The van der Waals surface area contributed by atoms with Crippen LogP contribution in [-0.4, -0.2) is 56.5 Å². The zero-order chi connectivity index (χ0) is 30.1. The molecule has 224 valence electrons. The first-order valence-electron chi connectivity index (χ1n) is 15.0. The number of amides is 3. The Morgan fingerprint density at radius 2 is 1.79 bits per heavy atom. The maximum Gasteiger partial charge on any atom is 0.324 e. The molecule has 2 N–H and O–H groups in total. The van der Waals surface area contributed by atoms with Crippen LogP contribution in [0.5, 0.6) is 0 Å². The number of aromatic nitrogens is 3. The fourth-order valence-electron chi connectivity index (χ4n) is 5.81. The molecule has 10 heteroatoms. The summed E-state index contributed by atoms with van der Waals surface area (Å²) in [7, 11) is 0. The Kier molecular flexibility index (Phi) is 7.79. The molecule has 10 nitrogen and oxygen atoms in total. The van der Waals surface area contributed by atoms with Crippen LogP contribution in [0.1, 0.15) is 66.6 Å². The number of benzene rings is 2. The number of hydrogen-bond acceptors (Lipinski definition) is 6. The predicted molar refractivity (Wildman–Crippen MR) is 165 cm³/mol. The zero-order valence-electron chi connectivity index (χ0n) is 25.3. The number of piperidine rings is 1. The monoisotopic (exact) mass is 581 g/mol. The highest BCUT2D eigenvalue weighted by atomic mass is 16.5. The first-order chi connectivity index (χ1) is 20.6. The van der Waals surface area contributed by atoms with Crippen molar-refractivity contribution in [2.24, 2.45) is 5.92 Å². The van der Waals surface area contributed by atoms with Crippen LogP contribution < -0.4 is 10.6 Å². The van der Waals surface area contributed by atoms with Crippen LogP contribution in [0.4, 0.5) is 16.3 Å². The lowest BCUT2D eigenvalue weighted by molar-refractivity contribution is -0.0330. The highest BCUT2D eigenvalue weighted by Crippen LogP contribution is 2.28. The van der Waals surface area contributed by atoms with Crippen molar-refractivity contribution in [3.63, 3.8) is 0 Å². The molecule has 0 radical (unpaired) electrons. The third kappa shape index (κ3) is 6.34. The molecule has 2 aromatic heterocycles. The number of urea groups is 1. The minimum absolute atomic E-state index is 0.0189. The smallest absolute Gasteiger partial charge is 0.324 e. The van der Waals surface area contributed by atoms with Crippen molar-refractivity contribution in [3.05, 3.63) is 88.9 Å². The van der Waals surface area contributed by atoms with Crippen LogP contribution in [0, 0.1) is 12.8 Å². The minimum atomic E-state index is -0.318. The van der Waals surface area contributed by atoms with Crippen LogP contribution in [-0.2, 0) is 18.3 Å². The summed E-state index contributed by atoms with van der Waals surface area (Å²) in [5.74, 6) is 1.78. The lowest BCUT2D eigenvalue weighted by Crippen LogP contribution is -2.52. The van der Waals surface area contributed by atoms with E-state index in [1.54, 1.807) is 4.68 Å². The minimum Gasteiger partial charge on any atom is -0.360 e. The van der Waals surface area contributed by atoms with Gasteiger partial charge in [0.05, 0.1) is 17.6 Å². The summed E-state index contributed by atoms with van der Waals surface area (Å²) in [5, 5.41) is 18.6. The van der Waals surface area contributed by atoms with E-state index in [9.17, 15) is 9.59 Å². The molecule has 2 aliphatic heterocycles. The van der Waals surface area contributed by atoms with Gasteiger partial charge in [-0.05, 0) is 61.9 Å². The largest absolute Gasteiger partial charge is 0.360 e. The van der Waals surface area contributed by atoms with Gasteiger partial charge in [-0.1, -0.05) is 55.8 Å². The molecule has 0 spiro atoms. The molecule has 2 aromatic carbocycles. The van der Waals surface area contributed by atoms with E-state index in [0.717, 1.165) is 55.0 Å². The Labute approximate surface area is 252 Å². The number of fused-ring (bicyclic) bond motifs is 1. The van der Waals surface area contributed by atoms with Gasteiger partial charge in [-0.3, -0.25) is 15.1 Å². The number of hydrazine groups is 1. The summed E-state index contributed by atoms with van der Waals surface area (Å²) in [6, 6.07) is 17.7. The Hall–Kier alpha value is -4.44. The molecule has 6 rings (SSSR count). The molecule has 2 aliphatic rings. The third-order valence-corrected chi connectivity index (χ3v) is 8.30. The molecule has 4 heterocycles. The molecule has 0 bridgehead atoms. The van der Waals surface area contributed by atoms with Gasteiger partial charge < -0.3 is 9.84 Å². The van der Waals surface area contributed by atoms with Gasteiger partial charge >= 0.3 is 6.03 Å². The van der Waals surface area contributed by atoms with E-state index >= 15 is 0 Å². The summed E-state index contributed by atoms with van der Waals surface area (Å²) in [6.45, 7) is 10.7. The summed E-state index contributed by atoms with van der Waals surface area (Å²) >= 11 is 0. The maximum absolute atomic E-state index is 13.1. The van der Waals surface area contributed by atoms with Gasteiger partial charge in [0, 0.05) is 43.2 Å². The predicted octanol–water partition coefficient (Wildman–Crippen LogP) is 5.98. The molecule has 0 unspecified atom stereocenters. The Bertz CT molecular complexity index is 1610. The summed E-state index contributed by atoms with van der Waals surface area (Å²) in [4.78, 5) is 26.0. The highest BCUT2D eigenvalue weighted by Gasteiger charge is 2.33. The van der Waals surface area contributed by atoms with Gasteiger partial charge in [-0.2, -0.15) is 5.10 Å². The van der Waals surface area contributed by atoms with E-state index < -0.39 is 0 Å². The van der Waals surface area contributed by atoms with E-state index in [-0.39, 0.29) is 17.4 Å². The van der Waals surface area contributed by atoms with Crippen LogP contribution >= 0.6 is 0 Å². The van der Waals surface area contributed by atoms with E-state index in [1.165, 1.54) is 11.8 Å². The van der Waals surface area contributed by atoms with Gasteiger partial charge in [0.1, 0.15) is 11.4 Å². The van der Waals surface area contributed by atoms with Crippen LogP contribution in [0.3, 0.4) is 0 Å². The zero-order valence-corrected chi connectivity index (χ0v) is 25.3. The van der Waals surface area contributed by atoms with Crippen molar-refractivity contribution in [2.75, 3.05) is 30.3 Å². The number of hydrogen-bond donors (Lipinski definition) is 2. The van der Waals surface area contributed by atoms with Crippen molar-refractivity contribution in [2.45, 2.75) is 58.8 Å². The summed E-state index contributed by atoms with van der Waals surface area (Å²) in [6.07, 6.45) is 5.14. The molecule has 0 atom stereocenters. The number of carbonyl (C=O) groups excluding carboxylic acids is 2. The van der Waals surface area contributed by atoms with E-state index in [0.29, 0.717) is 36.0 Å². The topological polar surface area (TPSA) is 109 Å². The Morgan fingerprint density at radius 3 is 2.53 bits per heavy atom. The first-order valence-corrected chi connectivity index (χ1v) is 15.0. The van der Waals surface area contributed by atoms with Crippen molar-refractivity contribution >= 4 is 23.4 Å². The SMILES string of the molecule is Cc1ccc(-n2nc(C(C)(C)C)cc2NC(=O)Nc2cccc(CC3CCN(N4CCc5oncc5C4=O)CC3)c2)cc1. The fraction of sp³-hybridized carbons (Fsp3) is 0.394. The number of aryl methyl sites for hydroxylation is 1. The molecule has 4 aromatic rings. The maximum atomic E-state index is 13.1. The van der Waals surface area contributed by atoms with Crippen molar-refractivity contribution in [1.29, 1.82) is 0 Å². The second-order valence-corrected chi connectivity index (χ2v) is 12.6. The van der Waals surface area contributed by atoms with Crippen molar-refractivity contribution in [3.8, 4) is 5.69 Å². The number of nitrogens with zero attached hydrogens (tertiary/aromatic N) is 5. The second kappa shape index (κ2) is 11.7. The van der Waals surface area contributed by atoms with Crippen molar-refractivity contribution < 1.29 is 14.1 Å². The van der Waals surface area contributed by atoms with Gasteiger partial charge in [0.2, 0.25) is 0 Å². The molecule has 1 saturated heterocycles. The third-order valence-electron chi connectivity index (χ3n) is 8.30. The Morgan fingerprint density at radius 1 is 1.02 bits per heavy atom. The number of anilines is 2. The molecule has 3 amide bonds. The van der Waals surface area contributed by atoms with Crippen molar-refractivity contribution in [1.82, 2.24) is 25.0 Å². The van der Waals surface area contributed by atoms with Gasteiger partial charge in [0.25, 0.3) is 5.91 Å². The number of carbonyl (C=O) groups is 2. The summed E-state index contributed by atoms with van der Waals surface area (Å²) < 4.78 is 6.98. The number of rotatable bonds is 6. The summed E-state index contributed by atoms with van der Waals surface area (Å²) in [5.41, 5.74) is 5.27. The number of nitrogens with one attached hydrogen (secondary N) is 2. The van der Waals surface area contributed by atoms with Crippen LogP contribution in [0.15, 0.2) is 65.3 Å². The van der Waals surface area contributed by atoms with Gasteiger partial charge in [-0.15, -0.1) is 0 Å². The first kappa shape index (κ1) is 28.7. The van der Waals surface area contributed by atoms with E-state index in [1.807, 2.05) is 60.5 Å². The highest BCUT2D eigenvalue weighted by molar-refractivity contribution is 5.99. The quantitative estimate of drug-likeness (QED) is 0.290. The van der Waals surface area contributed by atoms with Crippen LogP contribution in [0.25, 0.3) is 5.69 Å². The fourth-order valence-corrected chi connectivity index (χ4v) is 5.81. The standard InChI is InChI=1S/C33H39N7O3/c1-22-8-10-26(11-9-22)40-30(20-29(37-40)33(2,3)4)36-32(42)35-25-7-5-6-24(19-25)18-23-12-15-38(16-13-23)39-17-14-28-27(31(39)41)21-34-43-28/h5-11,19-21,23H,12-18H2,1-4H3,(H2,35,36,42). The molecule has 43 heavy (non-hydrogen) atoms. The van der Waals surface area contributed by atoms with Gasteiger partial charge in [-0.25, -0.2) is 14.5 Å².